The van der Waals surface area contributed by atoms with Crippen molar-refractivity contribution in [3.63, 3.8) is 0 Å². The molecule has 1 aliphatic rings. The molecule has 0 aromatic carbocycles. The molecule has 134 valence electrons. The summed E-state index contributed by atoms with van der Waals surface area (Å²) in [6, 6.07) is 3.44. The summed E-state index contributed by atoms with van der Waals surface area (Å²) in [7, 11) is 0. The highest BCUT2D eigenvalue weighted by molar-refractivity contribution is 5.89. The number of cyclic esters (lactones) is 1. The van der Waals surface area contributed by atoms with Gasteiger partial charge in [-0.2, -0.15) is 4.98 Å². The summed E-state index contributed by atoms with van der Waals surface area (Å²) in [5.41, 5.74) is 0.901. The van der Waals surface area contributed by atoms with Crippen LogP contribution in [0.15, 0.2) is 22.9 Å². The first kappa shape index (κ1) is 17.2. The Labute approximate surface area is 146 Å². The van der Waals surface area contributed by atoms with Crippen molar-refractivity contribution in [1.29, 1.82) is 0 Å². The number of carbonyl (C=O) groups is 1. The Kier molecular flexibility index (Phi) is 4.87. The molecule has 1 N–H and O–H groups in total. The first-order valence-corrected chi connectivity index (χ1v) is 8.50. The van der Waals surface area contributed by atoms with Crippen LogP contribution in [0.5, 0.6) is 0 Å². The van der Waals surface area contributed by atoms with Crippen LogP contribution in [0.4, 0.5) is 16.6 Å². The van der Waals surface area contributed by atoms with Crippen LogP contribution in [0, 0.1) is 5.92 Å². The second kappa shape index (κ2) is 7.08. The van der Waals surface area contributed by atoms with Crippen molar-refractivity contribution in [2.75, 3.05) is 16.8 Å². The molecule has 1 amide bonds. The number of hydrogen-bond donors (Lipinski definition) is 1. The van der Waals surface area contributed by atoms with Gasteiger partial charge in [0.05, 0.1) is 17.8 Å². The van der Waals surface area contributed by atoms with E-state index in [0.29, 0.717) is 24.1 Å². The van der Waals surface area contributed by atoms with Crippen LogP contribution in [0.3, 0.4) is 0 Å². The SMILES string of the molecule is CCc1cc([C@H](C)Nc2nccc(N3C(=O)OC[C@@H]3C(C)C)n2)on1. The van der Waals surface area contributed by atoms with Crippen LogP contribution in [0.25, 0.3) is 0 Å². The van der Waals surface area contributed by atoms with Gasteiger partial charge < -0.3 is 14.6 Å². The Morgan fingerprint density at radius 3 is 2.88 bits per heavy atom. The van der Waals surface area contributed by atoms with Crippen molar-refractivity contribution in [3.05, 3.63) is 29.8 Å². The van der Waals surface area contributed by atoms with Crippen LogP contribution in [0.2, 0.25) is 0 Å². The van der Waals surface area contributed by atoms with Gasteiger partial charge in [0.2, 0.25) is 5.95 Å². The predicted octanol–water partition coefficient (Wildman–Crippen LogP) is 3.18. The molecule has 0 unspecified atom stereocenters. The largest absolute Gasteiger partial charge is 0.447 e. The number of rotatable bonds is 6. The lowest BCUT2D eigenvalue weighted by Gasteiger charge is -2.23. The van der Waals surface area contributed by atoms with Gasteiger partial charge in [0.25, 0.3) is 0 Å². The van der Waals surface area contributed by atoms with E-state index in [1.54, 1.807) is 17.2 Å². The molecule has 8 nitrogen and oxygen atoms in total. The maximum Gasteiger partial charge on any atom is 0.415 e. The Morgan fingerprint density at radius 2 is 2.20 bits per heavy atom. The number of nitrogens with one attached hydrogen (secondary N) is 1. The van der Waals surface area contributed by atoms with Gasteiger partial charge in [0.15, 0.2) is 5.76 Å². The Bertz CT molecular complexity index is 745. The van der Waals surface area contributed by atoms with Crippen LogP contribution in [-0.2, 0) is 11.2 Å². The number of aryl methyl sites for hydroxylation is 1. The summed E-state index contributed by atoms with van der Waals surface area (Å²) < 4.78 is 10.5. The molecule has 1 saturated heterocycles. The fraction of sp³-hybridized carbons (Fsp3) is 0.529. The molecular weight excluding hydrogens is 322 g/mol. The van der Waals surface area contributed by atoms with E-state index < -0.39 is 0 Å². The molecule has 0 spiro atoms. The third-order valence-electron chi connectivity index (χ3n) is 4.27. The minimum absolute atomic E-state index is 0.0333. The van der Waals surface area contributed by atoms with E-state index in [0.717, 1.165) is 12.1 Å². The Balaban J connectivity index is 1.78. The third kappa shape index (κ3) is 3.57. The molecule has 2 aromatic heterocycles. The smallest absolute Gasteiger partial charge is 0.415 e. The van der Waals surface area contributed by atoms with Crippen LogP contribution >= 0.6 is 0 Å². The van der Waals surface area contributed by atoms with Crippen molar-refractivity contribution >= 4 is 17.9 Å². The summed E-state index contributed by atoms with van der Waals surface area (Å²) in [4.78, 5) is 22.4. The fourth-order valence-electron chi connectivity index (χ4n) is 2.71. The first-order valence-electron chi connectivity index (χ1n) is 8.50. The van der Waals surface area contributed by atoms with Gasteiger partial charge in [-0.3, -0.25) is 4.90 Å². The van der Waals surface area contributed by atoms with Crippen LogP contribution < -0.4 is 10.2 Å². The van der Waals surface area contributed by atoms with Crippen molar-refractivity contribution < 1.29 is 14.1 Å². The maximum absolute atomic E-state index is 12.1. The van der Waals surface area contributed by atoms with E-state index in [-0.39, 0.29) is 24.1 Å². The summed E-state index contributed by atoms with van der Waals surface area (Å²) in [5.74, 6) is 1.92. The monoisotopic (exact) mass is 345 g/mol. The van der Waals surface area contributed by atoms with Gasteiger partial charge >= 0.3 is 6.09 Å². The van der Waals surface area contributed by atoms with Crippen LogP contribution in [-0.4, -0.2) is 33.9 Å². The normalized spacial score (nSPS) is 18.5. The summed E-state index contributed by atoms with van der Waals surface area (Å²) in [6.07, 6.45) is 2.06. The Hall–Kier alpha value is -2.64. The van der Waals surface area contributed by atoms with Gasteiger partial charge in [-0.25, -0.2) is 9.78 Å². The number of nitrogens with zero attached hydrogens (tertiary/aromatic N) is 4. The molecule has 0 radical (unpaired) electrons. The minimum Gasteiger partial charge on any atom is -0.447 e. The summed E-state index contributed by atoms with van der Waals surface area (Å²) >= 11 is 0. The molecule has 1 aliphatic heterocycles. The zero-order valence-corrected chi connectivity index (χ0v) is 14.9. The molecule has 2 aromatic rings. The maximum atomic E-state index is 12.1. The van der Waals surface area contributed by atoms with Crippen LogP contribution in [0.1, 0.15) is 45.2 Å². The number of hydrogen-bond acceptors (Lipinski definition) is 7. The molecule has 2 atom stereocenters. The van der Waals surface area contributed by atoms with E-state index in [9.17, 15) is 4.79 Å². The summed E-state index contributed by atoms with van der Waals surface area (Å²) in [6.45, 7) is 8.44. The standard InChI is InChI=1S/C17H23N5O3/c1-5-12-8-14(25-21-12)11(4)19-16-18-7-6-15(20-16)22-13(10(2)3)9-24-17(22)23/h6-8,10-11,13H,5,9H2,1-4H3,(H,18,19,20)/t11-,13+/m0/s1. The third-order valence-corrected chi connectivity index (χ3v) is 4.27. The number of aromatic nitrogens is 3. The zero-order chi connectivity index (χ0) is 18.0. The lowest BCUT2D eigenvalue weighted by Crippen LogP contribution is -2.37. The zero-order valence-electron chi connectivity index (χ0n) is 14.9. The number of ether oxygens (including phenoxy) is 1. The molecule has 0 bridgehead atoms. The molecule has 25 heavy (non-hydrogen) atoms. The average Bonchev–Trinajstić information content (AvgIpc) is 3.21. The number of carbonyl (C=O) groups excluding carboxylic acids is 1. The molecular formula is C17H23N5O3. The topological polar surface area (TPSA) is 93.4 Å². The molecule has 1 fully saturated rings. The molecule has 0 saturated carbocycles. The van der Waals surface area contributed by atoms with Crippen molar-refractivity contribution in [2.45, 2.75) is 46.2 Å². The van der Waals surface area contributed by atoms with Gasteiger partial charge in [-0.1, -0.05) is 25.9 Å². The highest BCUT2D eigenvalue weighted by Gasteiger charge is 2.37. The summed E-state index contributed by atoms with van der Waals surface area (Å²) in [5, 5.41) is 7.18. The van der Waals surface area contributed by atoms with Gasteiger partial charge in [-0.15, -0.1) is 0 Å². The van der Waals surface area contributed by atoms with Gasteiger partial charge in [0.1, 0.15) is 12.4 Å². The van der Waals surface area contributed by atoms with E-state index in [1.165, 1.54) is 0 Å². The van der Waals surface area contributed by atoms with Crippen molar-refractivity contribution in [3.8, 4) is 0 Å². The number of amides is 1. The van der Waals surface area contributed by atoms with E-state index in [4.69, 9.17) is 9.26 Å². The Morgan fingerprint density at radius 1 is 1.40 bits per heavy atom. The van der Waals surface area contributed by atoms with Crippen molar-refractivity contribution in [2.24, 2.45) is 5.92 Å². The lowest BCUT2D eigenvalue weighted by atomic mass is 10.0. The quantitative estimate of drug-likeness (QED) is 0.859. The van der Waals surface area contributed by atoms with Crippen molar-refractivity contribution in [1.82, 2.24) is 15.1 Å². The molecule has 0 aliphatic carbocycles. The van der Waals surface area contributed by atoms with E-state index >= 15 is 0 Å². The molecule has 8 heteroatoms. The average molecular weight is 345 g/mol. The van der Waals surface area contributed by atoms with Gasteiger partial charge in [-0.05, 0) is 25.3 Å². The first-order chi connectivity index (χ1) is 12.0. The second-order valence-electron chi connectivity index (χ2n) is 6.44. The lowest BCUT2D eigenvalue weighted by molar-refractivity contribution is 0.177. The predicted molar refractivity (Wildman–Crippen MR) is 92.4 cm³/mol. The fourth-order valence-corrected chi connectivity index (χ4v) is 2.71. The minimum atomic E-state index is -0.376. The highest BCUT2D eigenvalue weighted by atomic mass is 16.6. The molecule has 3 rings (SSSR count). The van der Waals surface area contributed by atoms with E-state index in [1.807, 2.05) is 19.9 Å². The second-order valence-corrected chi connectivity index (χ2v) is 6.44. The van der Waals surface area contributed by atoms with Gasteiger partial charge in [0, 0.05) is 12.3 Å². The highest BCUT2D eigenvalue weighted by Crippen LogP contribution is 2.26. The molecule has 3 heterocycles. The van der Waals surface area contributed by atoms with E-state index in [2.05, 4.69) is 34.3 Å². The number of anilines is 2.